The highest BCUT2D eigenvalue weighted by Crippen LogP contribution is 2.33. The molecule has 0 unspecified atom stereocenters. The van der Waals surface area contributed by atoms with E-state index in [0.29, 0.717) is 18.0 Å². The average molecular weight is 415 g/mol. The number of hydrogen-bond donors (Lipinski definition) is 1. The second-order valence-corrected chi connectivity index (χ2v) is 9.02. The van der Waals surface area contributed by atoms with E-state index >= 15 is 0 Å². The Balaban J connectivity index is 1.52. The number of benzene rings is 2. The van der Waals surface area contributed by atoms with Crippen LogP contribution in [0.2, 0.25) is 5.02 Å². The number of aryl methyl sites for hydroxylation is 1. The van der Waals surface area contributed by atoms with Crippen molar-refractivity contribution in [3.63, 3.8) is 0 Å². The Morgan fingerprint density at radius 1 is 1.21 bits per heavy atom. The van der Waals surface area contributed by atoms with Gasteiger partial charge in [-0.25, -0.2) is 4.39 Å². The number of rotatable bonds is 6. The molecule has 1 aliphatic heterocycles. The summed E-state index contributed by atoms with van der Waals surface area (Å²) in [7, 11) is 0. The van der Waals surface area contributed by atoms with Gasteiger partial charge in [0.05, 0.1) is 5.92 Å². The maximum Gasteiger partial charge on any atom is 0.224 e. The molecule has 0 spiro atoms. The van der Waals surface area contributed by atoms with Gasteiger partial charge in [0.2, 0.25) is 5.91 Å². The van der Waals surface area contributed by atoms with E-state index in [2.05, 4.69) is 10.2 Å². The van der Waals surface area contributed by atoms with Crippen LogP contribution in [0.1, 0.15) is 41.9 Å². The Morgan fingerprint density at radius 3 is 2.72 bits per heavy atom. The summed E-state index contributed by atoms with van der Waals surface area (Å²) >= 11 is 6.38. The standard InChI is InChI=1S/C24H28ClFN2O/c1-16-10-18(8-9-23(16)26)20-11-21(24(29)27-12-17-6-7-17)15-28(14-20)13-19-4-2-3-5-22(19)25/h2-5,8-10,17,20-21H,6-7,11-15H2,1H3,(H,27,29)/t20-,21-/m0/s1. The number of piperidine rings is 1. The molecule has 1 N–H and O–H groups in total. The highest BCUT2D eigenvalue weighted by Gasteiger charge is 2.33. The lowest BCUT2D eigenvalue weighted by atomic mass is 9.83. The van der Waals surface area contributed by atoms with Gasteiger partial charge in [0.1, 0.15) is 5.82 Å². The molecule has 3 nitrogen and oxygen atoms in total. The number of carbonyl (C=O) groups is 1. The van der Waals surface area contributed by atoms with Gasteiger partial charge in [-0.15, -0.1) is 0 Å². The van der Waals surface area contributed by atoms with Gasteiger partial charge in [-0.2, -0.15) is 0 Å². The molecule has 2 atom stereocenters. The Bertz CT molecular complexity index is 883. The van der Waals surface area contributed by atoms with Crippen molar-refractivity contribution in [2.24, 2.45) is 11.8 Å². The fourth-order valence-electron chi connectivity index (χ4n) is 4.25. The zero-order valence-electron chi connectivity index (χ0n) is 16.8. The van der Waals surface area contributed by atoms with Crippen LogP contribution in [0.25, 0.3) is 0 Å². The third-order valence-corrected chi connectivity index (χ3v) is 6.53. The lowest BCUT2D eigenvalue weighted by molar-refractivity contribution is -0.127. The molecule has 1 saturated carbocycles. The van der Waals surface area contributed by atoms with Crippen LogP contribution in [0.4, 0.5) is 4.39 Å². The van der Waals surface area contributed by atoms with Crippen molar-refractivity contribution < 1.29 is 9.18 Å². The van der Waals surface area contributed by atoms with Gasteiger partial charge in [0.15, 0.2) is 0 Å². The van der Waals surface area contributed by atoms with Gasteiger partial charge in [0, 0.05) is 31.2 Å². The van der Waals surface area contributed by atoms with Gasteiger partial charge in [0.25, 0.3) is 0 Å². The van der Waals surface area contributed by atoms with Crippen LogP contribution in [0, 0.1) is 24.6 Å². The zero-order valence-corrected chi connectivity index (χ0v) is 17.6. The van der Waals surface area contributed by atoms with Crippen LogP contribution in [0.15, 0.2) is 42.5 Å². The summed E-state index contributed by atoms with van der Waals surface area (Å²) in [6.07, 6.45) is 3.24. The summed E-state index contributed by atoms with van der Waals surface area (Å²) < 4.78 is 13.8. The highest BCUT2D eigenvalue weighted by atomic mass is 35.5. The third kappa shape index (κ3) is 5.18. The smallest absolute Gasteiger partial charge is 0.224 e. The molecule has 29 heavy (non-hydrogen) atoms. The molecule has 1 amide bonds. The van der Waals surface area contributed by atoms with E-state index in [1.165, 1.54) is 12.8 Å². The van der Waals surface area contributed by atoms with Crippen LogP contribution < -0.4 is 5.32 Å². The minimum atomic E-state index is -0.184. The summed E-state index contributed by atoms with van der Waals surface area (Å²) in [4.78, 5) is 15.2. The maximum absolute atomic E-state index is 13.8. The first-order valence-electron chi connectivity index (χ1n) is 10.5. The number of hydrogen-bond acceptors (Lipinski definition) is 2. The summed E-state index contributed by atoms with van der Waals surface area (Å²) in [5, 5.41) is 3.90. The van der Waals surface area contributed by atoms with E-state index in [9.17, 15) is 9.18 Å². The first kappa shape index (κ1) is 20.4. The number of nitrogens with one attached hydrogen (secondary N) is 1. The zero-order chi connectivity index (χ0) is 20.4. The molecule has 0 aromatic heterocycles. The molecule has 154 valence electrons. The minimum Gasteiger partial charge on any atom is -0.356 e. The van der Waals surface area contributed by atoms with E-state index in [4.69, 9.17) is 11.6 Å². The van der Waals surface area contributed by atoms with E-state index in [-0.39, 0.29) is 23.6 Å². The van der Waals surface area contributed by atoms with E-state index in [0.717, 1.165) is 42.2 Å². The van der Waals surface area contributed by atoms with Crippen LogP contribution >= 0.6 is 11.6 Å². The van der Waals surface area contributed by atoms with Gasteiger partial charge < -0.3 is 5.32 Å². The predicted octanol–water partition coefficient (Wildman–Crippen LogP) is 4.92. The Morgan fingerprint density at radius 2 is 2.00 bits per heavy atom. The lowest BCUT2D eigenvalue weighted by Crippen LogP contribution is -2.45. The SMILES string of the molecule is Cc1cc([C@H]2C[C@H](C(=O)NCC3CC3)CN(Cc3ccccc3Cl)C2)ccc1F. The first-order valence-corrected chi connectivity index (χ1v) is 10.9. The predicted molar refractivity (Wildman–Crippen MR) is 114 cm³/mol. The monoisotopic (exact) mass is 414 g/mol. The number of carbonyl (C=O) groups excluding carboxylic acids is 1. The molecule has 0 radical (unpaired) electrons. The summed E-state index contributed by atoms with van der Waals surface area (Å²) in [6, 6.07) is 13.2. The topological polar surface area (TPSA) is 32.3 Å². The third-order valence-electron chi connectivity index (χ3n) is 6.16. The molecule has 1 heterocycles. The average Bonchev–Trinajstić information content (AvgIpc) is 3.54. The van der Waals surface area contributed by atoms with Gasteiger partial charge >= 0.3 is 0 Å². The van der Waals surface area contributed by atoms with Crippen LogP contribution in [-0.2, 0) is 11.3 Å². The second kappa shape index (κ2) is 8.85. The van der Waals surface area contributed by atoms with Crippen molar-refractivity contribution in [3.8, 4) is 0 Å². The Labute approximate surface area is 177 Å². The molecule has 5 heteroatoms. The van der Waals surface area contributed by atoms with E-state index in [1.54, 1.807) is 13.0 Å². The van der Waals surface area contributed by atoms with E-state index in [1.807, 2.05) is 36.4 Å². The maximum atomic E-state index is 13.8. The number of nitrogens with zero attached hydrogens (tertiary/aromatic N) is 1. The van der Waals surface area contributed by atoms with Gasteiger partial charge in [-0.05, 0) is 66.8 Å². The van der Waals surface area contributed by atoms with Crippen molar-refractivity contribution in [2.45, 2.75) is 38.6 Å². The Kier molecular flexibility index (Phi) is 6.21. The number of amides is 1. The van der Waals surface area contributed by atoms with Gasteiger partial charge in [-0.1, -0.05) is 41.9 Å². The second-order valence-electron chi connectivity index (χ2n) is 8.61. The molecular formula is C24H28ClFN2O. The fourth-order valence-corrected chi connectivity index (χ4v) is 4.45. The lowest BCUT2D eigenvalue weighted by Gasteiger charge is -2.37. The summed E-state index contributed by atoms with van der Waals surface area (Å²) in [5.41, 5.74) is 2.83. The fraction of sp³-hybridized carbons (Fsp3) is 0.458. The normalized spacial score (nSPS) is 22.4. The molecular weight excluding hydrogens is 387 g/mol. The van der Waals surface area contributed by atoms with Crippen molar-refractivity contribution >= 4 is 17.5 Å². The molecule has 2 aromatic carbocycles. The van der Waals surface area contributed by atoms with Crippen molar-refractivity contribution in [3.05, 3.63) is 70.0 Å². The molecule has 2 fully saturated rings. The van der Waals surface area contributed by atoms with Crippen LogP contribution in [0.5, 0.6) is 0 Å². The Hall–Kier alpha value is -1.91. The van der Waals surface area contributed by atoms with Crippen molar-refractivity contribution in [2.75, 3.05) is 19.6 Å². The van der Waals surface area contributed by atoms with Crippen molar-refractivity contribution in [1.82, 2.24) is 10.2 Å². The van der Waals surface area contributed by atoms with Crippen LogP contribution in [0.3, 0.4) is 0 Å². The molecule has 2 aliphatic rings. The number of halogens is 2. The highest BCUT2D eigenvalue weighted by molar-refractivity contribution is 6.31. The molecule has 2 aromatic rings. The van der Waals surface area contributed by atoms with E-state index < -0.39 is 0 Å². The van der Waals surface area contributed by atoms with Crippen LogP contribution in [-0.4, -0.2) is 30.4 Å². The number of likely N-dealkylation sites (tertiary alicyclic amines) is 1. The minimum absolute atomic E-state index is 0.0691. The largest absolute Gasteiger partial charge is 0.356 e. The molecule has 0 bridgehead atoms. The molecule has 1 saturated heterocycles. The quantitative estimate of drug-likeness (QED) is 0.727. The molecule has 4 rings (SSSR count). The van der Waals surface area contributed by atoms with Crippen molar-refractivity contribution in [1.29, 1.82) is 0 Å². The summed E-state index contributed by atoms with van der Waals surface area (Å²) in [6.45, 7) is 4.85. The molecule has 1 aliphatic carbocycles. The van der Waals surface area contributed by atoms with Gasteiger partial charge in [-0.3, -0.25) is 9.69 Å². The first-order chi connectivity index (χ1) is 14.0. The summed E-state index contributed by atoms with van der Waals surface area (Å²) in [5.74, 6) is 0.751.